The van der Waals surface area contributed by atoms with Crippen LogP contribution in [0.1, 0.15) is 60.3 Å². The molecule has 0 heterocycles. The Kier molecular flexibility index (Phi) is 17.4. The lowest BCUT2D eigenvalue weighted by atomic mass is 9.44. The van der Waals surface area contributed by atoms with E-state index in [0.717, 1.165) is 6.71 Å². The van der Waals surface area contributed by atoms with Crippen LogP contribution >= 0.6 is 0 Å². The number of unbranched alkanes of at least 4 members (excludes halogenated alkanes) is 3. The number of hydrogen-bond acceptors (Lipinski definition) is 0. The lowest BCUT2D eigenvalue weighted by Gasteiger charge is -2.00. The summed E-state index contributed by atoms with van der Waals surface area (Å²) in [4.78, 5) is 0. The van der Waals surface area contributed by atoms with Crippen molar-refractivity contribution in [2.75, 3.05) is 0 Å². The van der Waals surface area contributed by atoms with Crippen molar-refractivity contribution in [3.05, 3.63) is 0 Å². The Morgan fingerprint density at radius 2 is 0.923 bits per heavy atom. The van der Waals surface area contributed by atoms with Gasteiger partial charge in [-0.05, 0) is 0 Å². The summed E-state index contributed by atoms with van der Waals surface area (Å²) in [7, 11) is 0. The topological polar surface area (TPSA) is 0 Å². The Labute approximate surface area is 86.6 Å². The van der Waals surface area contributed by atoms with Gasteiger partial charge in [0, 0.05) is 0 Å². The zero-order valence-corrected chi connectivity index (χ0v) is 10.5. The van der Waals surface area contributed by atoms with E-state index in [1.54, 1.807) is 0 Å². The second-order valence-electron chi connectivity index (χ2n) is 3.80. The Bertz CT molecular complexity index is 58.0. The monoisotopic (exact) mass is 184 g/mol. The van der Waals surface area contributed by atoms with E-state index in [1.807, 2.05) is 0 Å². The van der Waals surface area contributed by atoms with E-state index in [4.69, 9.17) is 0 Å². The van der Waals surface area contributed by atoms with Crippen molar-refractivity contribution in [1.29, 1.82) is 0 Å². The minimum atomic E-state index is 0.986. The van der Waals surface area contributed by atoms with Crippen molar-refractivity contribution in [3.63, 3.8) is 0 Å². The Morgan fingerprint density at radius 3 is 1.00 bits per heavy atom. The largest absolute Gasteiger partial charge is 0.139 e. The summed E-state index contributed by atoms with van der Waals surface area (Å²) < 4.78 is 0. The molecular formula is C12H29B. The third-order valence-electron chi connectivity index (χ3n) is 2.69. The van der Waals surface area contributed by atoms with Gasteiger partial charge in [-0.2, -0.15) is 0 Å². The molecule has 0 amide bonds. The lowest BCUT2D eigenvalue weighted by Crippen LogP contribution is -2.04. The van der Waals surface area contributed by atoms with Crippen LogP contribution in [0.2, 0.25) is 19.0 Å². The molecule has 0 aliphatic carbocycles. The van der Waals surface area contributed by atoms with Crippen molar-refractivity contribution in [2.45, 2.75) is 79.3 Å². The number of hydrogen-bond donors (Lipinski definition) is 0. The van der Waals surface area contributed by atoms with Crippen LogP contribution in [0.15, 0.2) is 0 Å². The third kappa shape index (κ3) is 14.9. The van der Waals surface area contributed by atoms with Gasteiger partial charge in [-0.3, -0.25) is 0 Å². The lowest BCUT2D eigenvalue weighted by molar-refractivity contribution is 0.702. The molecule has 0 saturated heterocycles. The fraction of sp³-hybridized carbons (Fsp3) is 1.00. The van der Waals surface area contributed by atoms with E-state index < -0.39 is 0 Å². The van der Waals surface area contributed by atoms with E-state index in [0.29, 0.717) is 0 Å². The van der Waals surface area contributed by atoms with E-state index in [1.165, 1.54) is 44.6 Å². The van der Waals surface area contributed by atoms with Crippen LogP contribution in [0.3, 0.4) is 0 Å². The van der Waals surface area contributed by atoms with Gasteiger partial charge in [-0.1, -0.05) is 79.3 Å². The smallest absolute Gasteiger partial charge is 0.0770 e. The minimum Gasteiger partial charge on any atom is -0.0770 e. The van der Waals surface area contributed by atoms with Gasteiger partial charge < -0.3 is 0 Å². The fourth-order valence-corrected chi connectivity index (χ4v) is 1.37. The molecule has 0 atom stereocenters. The number of rotatable bonds is 6. The quantitative estimate of drug-likeness (QED) is 0.396. The van der Waals surface area contributed by atoms with Gasteiger partial charge >= 0.3 is 0 Å². The molecule has 0 N–H and O–H groups in total. The first kappa shape index (κ1) is 15.5. The summed E-state index contributed by atoms with van der Waals surface area (Å²) >= 11 is 0. The summed E-state index contributed by atoms with van der Waals surface area (Å²) in [5, 5.41) is 0. The highest BCUT2D eigenvalue weighted by Gasteiger charge is 2.01. The maximum absolute atomic E-state index is 2.26. The third-order valence-corrected chi connectivity index (χ3v) is 2.69. The highest BCUT2D eigenvalue weighted by Crippen LogP contribution is 2.01. The molecule has 0 radical (unpaired) electrons. The second kappa shape index (κ2) is 14.6. The molecule has 0 aromatic carbocycles. The minimum absolute atomic E-state index is 0.986. The first-order chi connectivity index (χ1) is 6.26. The van der Waals surface area contributed by atoms with Gasteiger partial charge in [-0.15, -0.1) is 0 Å². The van der Waals surface area contributed by atoms with Gasteiger partial charge in [0.2, 0.25) is 0 Å². The molecule has 0 nitrogen and oxygen atoms in total. The van der Waals surface area contributed by atoms with Gasteiger partial charge in [0.25, 0.3) is 0 Å². The maximum atomic E-state index is 2.26. The molecule has 0 aliphatic heterocycles. The predicted molar refractivity (Wildman–Crippen MR) is 67.0 cm³/mol. The van der Waals surface area contributed by atoms with Crippen molar-refractivity contribution >= 4 is 6.71 Å². The average Bonchev–Trinajstić information content (AvgIpc) is 2.18. The molecule has 0 fully saturated rings. The van der Waals surface area contributed by atoms with Crippen LogP contribution in [0.4, 0.5) is 0 Å². The average molecular weight is 184 g/mol. The summed E-state index contributed by atoms with van der Waals surface area (Å²) in [6, 6.07) is 0. The molecule has 0 aliphatic rings. The summed E-state index contributed by atoms with van der Waals surface area (Å²) in [5.41, 5.74) is 0. The zero-order valence-electron chi connectivity index (χ0n) is 10.5. The predicted octanol–water partition coefficient (Wildman–Crippen LogP) is 5.13. The van der Waals surface area contributed by atoms with Crippen LogP contribution < -0.4 is 0 Å². The SMILES string of the molecule is CCB(CC)CC.CCCCCC. The molecule has 80 valence electrons. The molecule has 0 spiro atoms. The maximum Gasteiger partial charge on any atom is 0.139 e. The first-order valence-electron chi connectivity index (χ1n) is 6.26. The van der Waals surface area contributed by atoms with Crippen molar-refractivity contribution in [2.24, 2.45) is 0 Å². The zero-order chi connectivity index (χ0) is 10.5. The van der Waals surface area contributed by atoms with Gasteiger partial charge in [0.05, 0.1) is 0 Å². The fourth-order valence-electron chi connectivity index (χ4n) is 1.37. The molecule has 13 heavy (non-hydrogen) atoms. The van der Waals surface area contributed by atoms with Crippen LogP contribution in [0.5, 0.6) is 0 Å². The molecule has 0 saturated carbocycles. The van der Waals surface area contributed by atoms with Crippen molar-refractivity contribution < 1.29 is 0 Å². The van der Waals surface area contributed by atoms with Crippen LogP contribution in [0, 0.1) is 0 Å². The van der Waals surface area contributed by atoms with E-state index in [-0.39, 0.29) is 0 Å². The summed E-state index contributed by atoms with van der Waals surface area (Å²) in [6.07, 6.45) is 9.60. The molecule has 1 heteroatoms. The summed E-state index contributed by atoms with van der Waals surface area (Å²) in [5.74, 6) is 0. The van der Waals surface area contributed by atoms with E-state index >= 15 is 0 Å². The molecular weight excluding hydrogens is 155 g/mol. The van der Waals surface area contributed by atoms with Crippen molar-refractivity contribution in [1.82, 2.24) is 0 Å². The normalized spacial score (nSPS) is 9.00. The van der Waals surface area contributed by atoms with Crippen LogP contribution in [-0.4, -0.2) is 6.71 Å². The second-order valence-corrected chi connectivity index (χ2v) is 3.80. The Hall–Kier alpha value is 0.0649. The Balaban J connectivity index is 0. The molecule has 0 unspecified atom stereocenters. The standard InChI is InChI=1S/C6H15B.C6H14/c1-4-7(5-2)6-3;1-3-5-6-4-2/h4-6H2,1-3H3;3-6H2,1-2H3. The summed E-state index contributed by atoms with van der Waals surface area (Å²) in [6.45, 7) is 12.2. The van der Waals surface area contributed by atoms with Gasteiger partial charge in [0.1, 0.15) is 6.71 Å². The van der Waals surface area contributed by atoms with E-state index in [9.17, 15) is 0 Å². The highest BCUT2D eigenvalue weighted by molar-refractivity contribution is 6.58. The van der Waals surface area contributed by atoms with Crippen LogP contribution in [0.25, 0.3) is 0 Å². The van der Waals surface area contributed by atoms with Gasteiger partial charge in [-0.25, -0.2) is 0 Å². The van der Waals surface area contributed by atoms with E-state index in [2.05, 4.69) is 34.6 Å². The van der Waals surface area contributed by atoms with Gasteiger partial charge in [0.15, 0.2) is 0 Å². The molecule has 0 rings (SSSR count). The van der Waals surface area contributed by atoms with Crippen molar-refractivity contribution in [3.8, 4) is 0 Å². The highest BCUT2D eigenvalue weighted by atomic mass is 13.8. The van der Waals surface area contributed by atoms with Crippen LogP contribution in [-0.2, 0) is 0 Å². The Morgan fingerprint density at radius 1 is 0.615 bits per heavy atom. The first-order valence-corrected chi connectivity index (χ1v) is 6.26. The molecule has 0 bridgehead atoms. The molecule has 0 aromatic rings. The molecule has 0 aromatic heterocycles.